The zero-order valence-corrected chi connectivity index (χ0v) is 16.8. The van der Waals surface area contributed by atoms with E-state index >= 15 is 0 Å². The highest BCUT2D eigenvalue weighted by atomic mass is 32.2. The van der Waals surface area contributed by atoms with Crippen LogP contribution in [0, 0.1) is 17.3 Å². The molecular formula is C19H26N4O3S. The SMILES string of the molecule is CC1(C)[C@H]2CC[C@@H]1[C@H](Oc1cc3nnc(NS(C)(=O)=O)n3cc1C1CC1)C2. The van der Waals surface area contributed by atoms with Crippen LogP contribution in [0.25, 0.3) is 5.65 Å². The molecule has 0 amide bonds. The molecule has 2 bridgehead atoms. The van der Waals surface area contributed by atoms with Gasteiger partial charge in [-0.25, -0.2) is 8.42 Å². The standard InChI is InChI=1S/C19H26N4O3S/c1-19(2)12-6-7-14(19)16(8-12)26-15-9-17-20-21-18(22-27(3,24)25)23(17)10-13(15)11-4-5-11/h9-12,14,16H,4-8H2,1-3H3,(H,21,22)/t12-,14+,16+/m0/s1. The van der Waals surface area contributed by atoms with Crippen molar-refractivity contribution in [2.45, 2.75) is 58.0 Å². The summed E-state index contributed by atoms with van der Waals surface area (Å²) in [5.74, 6) is 2.95. The molecule has 2 aromatic heterocycles. The molecule has 1 N–H and O–H groups in total. The third-order valence-corrected chi connectivity index (χ3v) is 7.46. The summed E-state index contributed by atoms with van der Waals surface area (Å²) in [5.41, 5.74) is 2.10. The van der Waals surface area contributed by atoms with Crippen molar-refractivity contribution in [2.75, 3.05) is 11.0 Å². The molecule has 0 aliphatic heterocycles. The van der Waals surface area contributed by atoms with Gasteiger partial charge in [0.15, 0.2) is 5.65 Å². The van der Waals surface area contributed by atoms with Crippen LogP contribution in [0.5, 0.6) is 5.75 Å². The smallest absolute Gasteiger partial charge is 0.242 e. The molecule has 0 aromatic carbocycles. The molecule has 27 heavy (non-hydrogen) atoms. The molecule has 0 unspecified atom stereocenters. The summed E-state index contributed by atoms with van der Waals surface area (Å²) in [4.78, 5) is 0. The molecule has 3 saturated carbocycles. The van der Waals surface area contributed by atoms with Crippen molar-refractivity contribution in [1.82, 2.24) is 14.6 Å². The van der Waals surface area contributed by atoms with E-state index in [4.69, 9.17) is 4.74 Å². The summed E-state index contributed by atoms with van der Waals surface area (Å²) in [6, 6.07) is 1.92. The Labute approximate surface area is 159 Å². The van der Waals surface area contributed by atoms with Gasteiger partial charge in [-0.05, 0) is 49.4 Å². The van der Waals surface area contributed by atoms with Gasteiger partial charge in [0, 0.05) is 23.7 Å². The van der Waals surface area contributed by atoms with Crippen molar-refractivity contribution >= 4 is 21.6 Å². The normalized spacial score (nSPS) is 29.4. The summed E-state index contributed by atoms with van der Waals surface area (Å²) in [6.45, 7) is 4.76. The van der Waals surface area contributed by atoms with E-state index in [1.165, 1.54) is 12.8 Å². The molecule has 0 saturated heterocycles. The van der Waals surface area contributed by atoms with Gasteiger partial charge < -0.3 is 4.74 Å². The zero-order valence-electron chi connectivity index (χ0n) is 16.0. The summed E-state index contributed by atoms with van der Waals surface area (Å²) >= 11 is 0. The highest BCUT2D eigenvalue weighted by Crippen LogP contribution is 2.58. The van der Waals surface area contributed by atoms with Crippen molar-refractivity contribution in [1.29, 1.82) is 0 Å². The minimum absolute atomic E-state index is 0.224. The van der Waals surface area contributed by atoms with Crippen molar-refractivity contribution < 1.29 is 13.2 Å². The van der Waals surface area contributed by atoms with Gasteiger partial charge in [0.25, 0.3) is 0 Å². The van der Waals surface area contributed by atoms with Crippen LogP contribution in [0.4, 0.5) is 5.95 Å². The molecule has 2 heterocycles. The van der Waals surface area contributed by atoms with E-state index in [0.29, 0.717) is 22.9 Å². The number of nitrogens with one attached hydrogen (secondary N) is 1. The highest BCUT2D eigenvalue weighted by molar-refractivity contribution is 7.91. The Morgan fingerprint density at radius 3 is 2.59 bits per heavy atom. The topological polar surface area (TPSA) is 85.6 Å². The summed E-state index contributed by atoms with van der Waals surface area (Å²) < 4.78 is 33.9. The average Bonchev–Trinajstić information content (AvgIpc) is 3.25. The lowest BCUT2D eigenvalue weighted by Crippen LogP contribution is -2.27. The fourth-order valence-corrected chi connectivity index (χ4v) is 5.69. The molecule has 3 fully saturated rings. The monoisotopic (exact) mass is 390 g/mol. The molecule has 8 heteroatoms. The van der Waals surface area contributed by atoms with Crippen LogP contribution < -0.4 is 9.46 Å². The lowest BCUT2D eigenvalue weighted by atomic mass is 9.82. The number of pyridine rings is 1. The van der Waals surface area contributed by atoms with Crippen LogP contribution in [0.1, 0.15) is 57.4 Å². The Bertz CT molecular complexity index is 1010. The number of aromatic nitrogens is 3. The fraction of sp³-hybridized carbons (Fsp3) is 0.684. The number of sulfonamides is 1. The van der Waals surface area contributed by atoms with Crippen LogP contribution in [0.15, 0.2) is 12.3 Å². The van der Waals surface area contributed by atoms with Crippen LogP contribution >= 0.6 is 0 Å². The number of rotatable bonds is 5. The second-order valence-corrected chi connectivity index (χ2v) is 10.8. The quantitative estimate of drug-likeness (QED) is 0.847. The minimum Gasteiger partial charge on any atom is -0.490 e. The molecule has 3 atom stereocenters. The maximum Gasteiger partial charge on any atom is 0.242 e. The Hall–Kier alpha value is -1.83. The lowest BCUT2D eigenvalue weighted by molar-refractivity contribution is 0.116. The van der Waals surface area contributed by atoms with Crippen molar-refractivity contribution in [3.63, 3.8) is 0 Å². The van der Waals surface area contributed by atoms with Crippen molar-refractivity contribution in [3.8, 4) is 5.75 Å². The van der Waals surface area contributed by atoms with E-state index in [1.54, 1.807) is 4.40 Å². The number of hydrogen-bond donors (Lipinski definition) is 1. The van der Waals surface area contributed by atoms with E-state index in [9.17, 15) is 8.42 Å². The van der Waals surface area contributed by atoms with Gasteiger partial charge in [0.1, 0.15) is 11.9 Å². The summed E-state index contributed by atoms with van der Waals surface area (Å²) in [5, 5.41) is 8.14. The van der Waals surface area contributed by atoms with Gasteiger partial charge in [0.2, 0.25) is 16.0 Å². The third kappa shape index (κ3) is 2.88. The van der Waals surface area contributed by atoms with Crippen molar-refractivity contribution in [3.05, 3.63) is 17.8 Å². The zero-order chi connectivity index (χ0) is 19.0. The molecule has 7 nitrogen and oxygen atoms in total. The molecule has 0 spiro atoms. The highest BCUT2D eigenvalue weighted by Gasteiger charge is 2.54. The Morgan fingerprint density at radius 1 is 1.22 bits per heavy atom. The maximum absolute atomic E-state index is 11.6. The van der Waals surface area contributed by atoms with Gasteiger partial charge in [-0.3, -0.25) is 9.12 Å². The summed E-state index contributed by atoms with van der Waals surface area (Å²) in [6.07, 6.45) is 9.30. The predicted molar refractivity (Wildman–Crippen MR) is 102 cm³/mol. The first-order valence-electron chi connectivity index (χ1n) is 9.75. The van der Waals surface area contributed by atoms with Crippen LogP contribution in [0.2, 0.25) is 0 Å². The van der Waals surface area contributed by atoms with Crippen molar-refractivity contribution in [2.24, 2.45) is 17.3 Å². The van der Waals surface area contributed by atoms with E-state index in [-0.39, 0.29) is 12.1 Å². The Kier molecular flexibility index (Phi) is 3.58. The molecule has 2 aromatic rings. The van der Waals surface area contributed by atoms with Crippen LogP contribution in [-0.2, 0) is 10.0 Å². The number of ether oxygens (including phenoxy) is 1. The molecule has 5 rings (SSSR count). The van der Waals surface area contributed by atoms with E-state index in [2.05, 4.69) is 28.8 Å². The second kappa shape index (κ2) is 5.59. The largest absolute Gasteiger partial charge is 0.490 e. The van der Waals surface area contributed by atoms with Crippen LogP contribution in [0.3, 0.4) is 0 Å². The lowest BCUT2D eigenvalue weighted by Gasteiger charge is -2.27. The van der Waals surface area contributed by atoms with Gasteiger partial charge in [0.05, 0.1) is 6.26 Å². The average molecular weight is 391 g/mol. The van der Waals surface area contributed by atoms with E-state index in [1.807, 2.05) is 12.3 Å². The van der Waals surface area contributed by atoms with Crippen LogP contribution in [-0.4, -0.2) is 35.4 Å². The first-order chi connectivity index (χ1) is 12.7. The Morgan fingerprint density at radius 2 is 2.00 bits per heavy atom. The van der Waals surface area contributed by atoms with Gasteiger partial charge in [-0.2, -0.15) is 0 Å². The maximum atomic E-state index is 11.6. The molecule has 3 aliphatic rings. The number of fused-ring (bicyclic) bond motifs is 3. The number of nitrogens with zero attached hydrogens (tertiary/aromatic N) is 3. The summed E-state index contributed by atoms with van der Waals surface area (Å²) in [7, 11) is -3.41. The second-order valence-electron chi connectivity index (χ2n) is 9.09. The predicted octanol–water partition coefficient (Wildman–Crippen LogP) is 3.18. The third-order valence-electron chi connectivity index (χ3n) is 6.91. The first kappa shape index (κ1) is 17.3. The first-order valence-corrected chi connectivity index (χ1v) is 11.6. The number of hydrogen-bond acceptors (Lipinski definition) is 5. The van der Waals surface area contributed by atoms with E-state index in [0.717, 1.165) is 42.7 Å². The number of anilines is 1. The fourth-order valence-electron chi connectivity index (χ4n) is 5.22. The van der Waals surface area contributed by atoms with E-state index < -0.39 is 10.0 Å². The van der Waals surface area contributed by atoms with Gasteiger partial charge in [-0.1, -0.05) is 13.8 Å². The molecular weight excluding hydrogens is 364 g/mol. The molecule has 0 radical (unpaired) electrons. The Balaban J connectivity index is 1.50. The van der Waals surface area contributed by atoms with Gasteiger partial charge >= 0.3 is 0 Å². The molecule has 3 aliphatic carbocycles. The van der Waals surface area contributed by atoms with Gasteiger partial charge in [-0.15, -0.1) is 10.2 Å². The molecule has 146 valence electrons. The minimum atomic E-state index is -3.41.